The Balaban J connectivity index is 3.42. The van der Waals surface area contributed by atoms with Crippen molar-refractivity contribution in [1.82, 2.24) is 0 Å². The van der Waals surface area contributed by atoms with E-state index in [1.165, 1.54) is 0 Å². The monoisotopic (exact) mass is 165 g/mol. The summed E-state index contributed by atoms with van der Waals surface area (Å²) in [4.78, 5) is 0. The van der Waals surface area contributed by atoms with Gasteiger partial charge in [-0.05, 0) is 25.0 Å². The molecule has 0 saturated carbocycles. The quantitative estimate of drug-likeness (QED) is 0.549. The van der Waals surface area contributed by atoms with Crippen molar-refractivity contribution in [3.05, 3.63) is 17.2 Å². The van der Waals surface area contributed by atoms with E-state index in [1.807, 2.05) is 19.9 Å². The van der Waals surface area contributed by atoms with Gasteiger partial charge in [-0.2, -0.15) is 0 Å². The lowest BCUT2D eigenvalue weighted by Crippen LogP contribution is -2.05. The molecule has 0 aliphatic heterocycles. The van der Waals surface area contributed by atoms with Gasteiger partial charge in [0, 0.05) is 11.3 Å². The minimum Gasteiger partial charge on any atom is -0.398 e. The SMILES string of the molecule is CCc1c(N)c(C)cc(N)c1N. The van der Waals surface area contributed by atoms with E-state index >= 15 is 0 Å². The van der Waals surface area contributed by atoms with Crippen molar-refractivity contribution >= 4 is 17.1 Å². The van der Waals surface area contributed by atoms with Gasteiger partial charge < -0.3 is 17.2 Å². The zero-order valence-electron chi connectivity index (χ0n) is 7.52. The third-order valence-electron chi connectivity index (χ3n) is 2.11. The Labute approximate surface area is 72.5 Å². The Hall–Kier alpha value is -1.38. The predicted molar refractivity (Wildman–Crippen MR) is 53.8 cm³/mol. The summed E-state index contributed by atoms with van der Waals surface area (Å²) in [5.74, 6) is 0. The Morgan fingerprint density at radius 2 is 1.75 bits per heavy atom. The van der Waals surface area contributed by atoms with Crippen molar-refractivity contribution < 1.29 is 0 Å². The fraction of sp³-hybridized carbons (Fsp3) is 0.333. The van der Waals surface area contributed by atoms with E-state index in [0.717, 1.165) is 23.2 Å². The fourth-order valence-electron chi connectivity index (χ4n) is 1.33. The molecule has 0 saturated heterocycles. The van der Waals surface area contributed by atoms with E-state index in [4.69, 9.17) is 17.2 Å². The Kier molecular flexibility index (Phi) is 2.13. The van der Waals surface area contributed by atoms with Gasteiger partial charge >= 0.3 is 0 Å². The van der Waals surface area contributed by atoms with Crippen molar-refractivity contribution in [3.8, 4) is 0 Å². The molecule has 66 valence electrons. The van der Waals surface area contributed by atoms with Crippen molar-refractivity contribution in [3.63, 3.8) is 0 Å². The molecule has 0 unspecified atom stereocenters. The van der Waals surface area contributed by atoms with Crippen LogP contribution in [0.25, 0.3) is 0 Å². The molecule has 1 aromatic carbocycles. The summed E-state index contributed by atoms with van der Waals surface area (Å²) in [5.41, 5.74) is 21.3. The van der Waals surface area contributed by atoms with E-state index in [-0.39, 0.29) is 0 Å². The van der Waals surface area contributed by atoms with Crippen LogP contribution < -0.4 is 17.2 Å². The van der Waals surface area contributed by atoms with E-state index in [0.29, 0.717) is 11.4 Å². The van der Waals surface area contributed by atoms with Crippen LogP contribution in [0.15, 0.2) is 6.07 Å². The molecule has 1 rings (SSSR count). The minimum atomic E-state index is 0.624. The largest absolute Gasteiger partial charge is 0.398 e. The molecule has 0 aliphatic rings. The molecule has 0 spiro atoms. The lowest BCUT2D eigenvalue weighted by atomic mass is 10.0. The second-order valence-corrected chi connectivity index (χ2v) is 2.94. The molecule has 0 amide bonds. The predicted octanol–water partition coefficient (Wildman–Crippen LogP) is 1.30. The molecule has 3 heteroatoms. The number of nitrogens with two attached hydrogens (primary N) is 3. The molecular weight excluding hydrogens is 150 g/mol. The Bertz CT molecular complexity index is 279. The standard InChI is InChI=1S/C9H15N3/c1-3-6-8(11)5(2)4-7(10)9(6)12/h4H,3,10-12H2,1-2H3. The first kappa shape index (κ1) is 8.71. The van der Waals surface area contributed by atoms with Gasteiger partial charge in [0.15, 0.2) is 0 Å². The first-order valence-electron chi connectivity index (χ1n) is 4.00. The number of nitrogen functional groups attached to an aromatic ring is 3. The summed E-state index contributed by atoms with van der Waals surface area (Å²) >= 11 is 0. The van der Waals surface area contributed by atoms with E-state index in [1.54, 1.807) is 0 Å². The van der Waals surface area contributed by atoms with Crippen LogP contribution in [0.3, 0.4) is 0 Å². The molecule has 0 atom stereocenters. The third kappa shape index (κ3) is 1.18. The highest BCUT2D eigenvalue weighted by Crippen LogP contribution is 2.29. The third-order valence-corrected chi connectivity index (χ3v) is 2.11. The average molecular weight is 165 g/mol. The van der Waals surface area contributed by atoms with E-state index in [9.17, 15) is 0 Å². The lowest BCUT2D eigenvalue weighted by molar-refractivity contribution is 1.14. The molecule has 0 heterocycles. The number of hydrogen-bond donors (Lipinski definition) is 3. The molecule has 0 radical (unpaired) electrons. The van der Waals surface area contributed by atoms with Crippen molar-refractivity contribution in [2.24, 2.45) is 0 Å². The molecule has 0 aromatic heterocycles. The number of anilines is 3. The van der Waals surface area contributed by atoms with Crippen molar-refractivity contribution in [2.75, 3.05) is 17.2 Å². The maximum atomic E-state index is 5.83. The second kappa shape index (κ2) is 2.93. The summed E-state index contributed by atoms with van der Waals surface area (Å²) in [6.07, 6.45) is 0.823. The van der Waals surface area contributed by atoms with Crippen LogP contribution in [-0.4, -0.2) is 0 Å². The van der Waals surface area contributed by atoms with Gasteiger partial charge in [0.05, 0.1) is 11.4 Å². The van der Waals surface area contributed by atoms with Crippen LogP contribution >= 0.6 is 0 Å². The van der Waals surface area contributed by atoms with Crippen molar-refractivity contribution in [1.29, 1.82) is 0 Å². The number of benzene rings is 1. The molecule has 6 N–H and O–H groups in total. The highest BCUT2D eigenvalue weighted by Gasteiger charge is 2.07. The van der Waals surface area contributed by atoms with Gasteiger partial charge in [0.2, 0.25) is 0 Å². The van der Waals surface area contributed by atoms with Gasteiger partial charge in [0.25, 0.3) is 0 Å². The van der Waals surface area contributed by atoms with Crippen LogP contribution in [0.4, 0.5) is 17.1 Å². The van der Waals surface area contributed by atoms with Crippen LogP contribution in [-0.2, 0) is 6.42 Å². The first-order valence-corrected chi connectivity index (χ1v) is 4.00. The zero-order chi connectivity index (χ0) is 9.30. The molecule has 0 bridgehead atoms. The molecule has 12 heavy (non-hydrogen) atoms. The number of hydrogen-bond acceptors (Lipinski definition) is 3. The summed E-state index contributed by atoms with van der Waals surface area (Å²) in [5, 5.41) is 0. The maximum Gasteiger partial charge on any atom is 0.0601 e. The molecular formula is C9H15N3. The highest BCUT2D eigenvalue weighted by atomic mass is 14.7. The van der Waals surface area contributed by atoms with Crippen LogP contribution in [0.2, 0.25) is 0 Å². The Morgan fingerprint density at radius 1 is 1.17 bits per heavy atom. The first-order chi connectivity index (χ1) is 5.57. The second-order valence-electron chi connectivity index (χ2n) is 2.94. The number of rotatable bonds is 1. The number of aryl methyl sites for hydroxylation is 1. The lowest BCUT2D eigenvalue weighted by Gasteiger charge is -2.12. The maximum absolute atomic E-state index is 5.83. The zero-order valence-corrected chi connectivity index (χ0v) is 7.52. The molecule has 3 nitrogen and oxygen atoms in total. The smallest absolute Gasteiger partial charge is 0.0601 e. The average Bonchev–Trinajstić information content (AvgIpc) is 2.02. The van der Waals surface area contributed by atoms with E-state index in [2.05, 4.69) is 0 Å². The summed E-state index contributed by atoms with van der Waals surface area (Å²) in [6, 6.07) is 1.81. The summed E-state index contributed by atoms with van der Waals surface area (Å²) in [6.45, 7) is 3.95. The van der Waals surface area contributed by atoms with Crippen LogP contribution in [0.5, 0.6) is 0 Å². The van der Waals surface area contributed by atoms with Crippen molar-refractivity contribution in [2.45, 2.75) is 20.3 Å². The van der Waals surface area contributed by atoms with Gasteiger partial charge in [0.1, 0.15) is 0 Å². The fourth-order valence-corrected chi connectivity index (χ4v) is 1.33. The van der Waals surface area contributed by atoms with E-state index < -0.39 is 0 Å². The van der Waals surface area contributed by atoms with Gasteiger partial charge in [-0.15, -0.1) is 0 Å². The van der Waals surface area contributed by atoms with Gasteiger partial charge in [-0.25, -0.2) is 0 Å². The van der Waals surface area contributed by atoms with Crippen LogP contribution in [0.1, 0.15) is 18.1 Å². The minimum absolute atomic E-state index is 0.624. The molecule has 0 aliphatic carbocycles. The molecule has 1 aromatic rings. The summed E-state index contributed by atoms with van der Waals surface area (Å²) in [7, 11) is 0. The normalized spacial score (nSPS) is 10.2. The highest BCUT2D eigenvalue weighted by molar-refractivity contribution is 5.76. The molecule has 0 fully saturated rings. The van der Waals surface area contributed by atoms with Gasteiger partial charge in [-0.3, -0.25) is 0 Å². The Morgan fingerprint density at radius 3 is 2.25 bits per heavy atom. The topological polar surface area (TPSA) is 78.1 Å². The van der Waals surface area contributed by atoms with Crippen LogP contribution in [0, 0.1) is 6.92 Å². The van der Waals surface area contributed by atoms with Gasteiger partial charge in [-0.1, -0.05) is 6.92 Å². The summed E-state index contributed by atoms with van der Waals surface area (Å²) < 4.78 is 0.